The molecule has 1 aromatic heterocycles. The lowest BCUT2D eigenvalue weighted by Crippen LogP contribution is -2.37. The molecule has 19 heavy (non-hydrogen) atoms. The molecule has 1 rings (SSSR count). The Kier molecular flexibility index (Phi) is 5.60. The van der Waals surface area contributed by atoms with Gasteiger partial charge in [0.05, 0.1) is 17.1 Å². The summed E-state index contributed by atoms with van der Waals surface area (Å²) >= 11 is 0. The number of amides is 2. The number of hydrogen-bond acceptors (Lipinski definition) is 2. The van der Waals surface area contributed by atoms with Crippen molar-refractivity contribution in [2.24, 2.45) is 0 Å². The third-order valence-corrected chi connectivity index (χ3v) is 3.20. The molecule has 106 valence electrons. The second-order valence-corrected chi connectivity index (χ2v) is 4.59. The highest BCUT2D eigenvalue weighted by atomic mass is 16.2. The highest BCUT2D eigenvalue weighted by Gasteiger charge is 2.15. The maximum absolute atomic E-state index is 12.0. The fraction of sp³-hybridized carbons (Fsp3) is 0.571. The van der Waals surface area contributed by atoms with Gasteiger partial charge >= 0.3 is 6.03 Å². The van der Waals surface area contributed by atoms with E-state index in [1.165, 1.54) is 0 Å². The largest absolute Gasteiger partial charge is 0.335 e. The molecule has 1 heterocycles. The Morgan fingerprint density at radius 3 is 2.63 bits per heavy atom. The van der Waals surface area contributed by atoms with Gasteiger partial charge in [-0.2, -0.15) is 5.10 Å². The summed E-state index contributed by atoms with van der Waals surface area (Å²) < 4.78 is 1.88. The van der Waals surface area contributed by atoms with Crippen molar-refractivity contribution >= 4 is 11.7 Å². The molecule has 5 nitrogen and oxygen atoms in total. The first kappa shape index (κ1) is 15.3. The number of rotatable bonds is 6. The first-order valence-electron chi connectivity index (χ1n) is 6.75. The molecular formula is C14H24N4O. The highest BCUT2D eigenvalue weighted by molar-refractivity contribution is 5.90. The van der Waals surface area contributed by atoms with Crippen LogP contribution in [0.15, 0.2) is 12.7 Å². The summed E-state index contributed by atoms with van der Waals surface area (Å²) in [5, 5.41) is 10.2. The van der Waals surface area contributed by atoms with Crippen LogP contribution in [0, 0.1) is 13.8 Å². The minimum absolute atomic E-state index is 0.124. The van der Waals surface area contributed by atoms with Gasteiger partial charge in [-0.15, -0.1) is 6.58 Å². The van der Waals surface area contributed by atoms with Gasteiger partial charge in [0.15, 0.2) is 0 Å². The number of nitrogens with zero attached hydrogens (tertiary/aromatic N) is 2. The monoisotopic (exact) mass is 264 g/mol. The topological polar surface area (TPSA) is 59.0 Å². The normalized spacial score (nSPS) is 12.0. The van der Waals surface area contributed by atoms with Crippen LogP contribution in [0.1, 0.15) is 38.1 Å². The van der Waals surface area contributed by atoms with Crippen LogP contribution in [-0.4, -0.2) is 21.9 Å². The third-order valence-electron chi connectivity index (χ3n) is 3.20. The Bertz CT molecular complexity index is 451. The summed E-state index contributed by atoms with van der Waals surface area (Å²) in [5.41, 5.74) is 2.62. The molecule has 1 aromatic rings. The number of anilines is 1. The Hall–Kier alpha value is -1.78. The molecule has 0 radical (unpaired) electrons. The van der Waals surface area contributed by atoms with E-state index in [4.69, 9.17) is 0 Å². The van der Waals surface area contributed by atoms with E-state index in [0.717, 1.165) is 36.5 Å². The number of carbonyl (C=O) groups is 1. The van der Waals surface area contributed by atoms with Crippen molar-refractivity contribution in [3.05, 3.63) is 24.0 Å². The third kappa shape index (κ3) is 3.84. The zero-order valence-electron chi connectivity index (χ0n) is 12.3. The molecule has 0 aliphatic heterocycles. The Balaban J connectivity index is 2.71. The lowest BCUT2D eigenvalue weighted by molar-refractivity contribution is 0.248. The van der Waals surface area contributed by atoms with E-state index >= 15 is 0 Å². The first-order chi connectivity index (χ1) is 9.03. The Morgan fingerprint density at radius 2 is 2.16 bits per heavy atom. The van der Waals surface area contributed by atoms with Crippen molar-refractivity contribution in [2.75, 3.05) is 5.32 Å². The number of nitrogens with one attached hydrogen (secondary N) is 2. The van der Waals surface area contributed by atoms with Crippen LogP contribution in [0.5, 0.6) is 0 Å². The van der Waals surface area contributed by atoms with Crippen molar-refractivity contribution in [1.29, 1.82) is 0 Å². The maximum Gasteiger partial charge on any atom is 0.319 e. The fourth-order valence-corrected chi connectivity index (χ4v) is 2.05. The number of aryl methyl sites for hydroxylation is 2. The van der Waals surface area contributed by atoms with Crippen molar-refractivity contribution in [2.45, 2.75) is 53.1 Å². The molecule has 1 unspecified atom stereocenters. The Labute approximate surface area is 115 Å². The lowest BCUT2D eigenvalue weighted by atomic mass is 10.1. The highest BCUT2D eigenvalue weighted by Crippen LogP contribution is 2.19. The van der Waals surface area contributed by atoms with Crippen LogP contribution in [0.25, 0.3) is 0 Å². The molecule has 5 heteroatoms. The molecule has 0 bridgehead atoms. The van der Waals surface area contributed by atoms with Gasteiger partial charge in [-0.1, -0.05) is 13.0 Å². The molecule has 0 fully saturated rings. The maximum atomic E-state index is 12.0. The SMILES string of the molecule is C=CCC(CC)NC(=O)Nc1c(C)nn(CC)c1C. The summed E-state index contributed by atoms with van der Waals surface area (Å²) in [6.45, 7) is 12.4. The first-order valence-corrected chi connectivity index (χ1v) is 6.75. The summed E-state index contributed by atoms with van der Waals surface area (Å²) in [6, 6.07) is -0.0603. The van der Waals surface area contributed by atoms with Crippen LogP contribution < -0.4 is 10.6 Å². The Morgan fingerprint density at radius 1 is 1.47 bits per heavy atom. The van der Waals surface area contributed by atoms with E-state index in [1.54, 1.807) is 0 Å². The summed E-state index contributed by atoms with van der Waals surface area (Å²) in [7, 11) is 0. The number of aromatic nitrogens is 2. The second-order valence-electron chi connectivity index (χ2n) is 4.59. The van der Waals surface area contributed by atoms with E-state index in [1.807, 2.05) is 38.5 Å². The predicted molar refractivity (Wildman–Crippen MR) is 78.4 cm³/mol. The zero-order chi connectivity index (χ0) is 14.4. The van der Waals surface area contributed by atoms with Crippen molar-refractivity contribution in [3.8, 4) is 0 Å². The molecule has 0 aliphatic rings. The zero-order valence-corrected chi connectivity index (χ0v) is 12.3. The minimum Gasteiger partial charge on any atom is -0.335 e. The molecule has 0 aromatic carbocycles. The molecule has 0 saturated carbocycles. The second kappa shape index (κ2) is 6.97. The van der Waals surface area contributed by atoms with Gasteiger partial charge in [0, 0.05) is 12.6 Å². The van der Waals surface area contributed by atoms with Crippen LogP contribution in [0.2, 0.25) is 0 Å². The van der Waals surface area contributed by atoms with Crippen LogP contribution >= 0.6 is 0 Å². The van der Waals surface area contributed by atoms with Gasteiger partial charge < -0.3 is 10.6 Å². The van der Waals surface area contributed by atoms with Crippen LogP contribution in [0.4, 0.5) is 10.5 Å². The van der Waals surface area contributed by atoms with Gasteiger partial charge in [-0.25, -0.2) is 4.79 Å². The van der Waals surface area contributed by atoms with E-state index in [0.29, 0.717) is 0 Å². The van der Waals surface area contributed by atoms with E-state index in [-0.39, 0.29) is 12.1 Å². The van der Waals surface area contributed by atoms with E-state index < -0.39 is 0 Å². The number of hydrogen-bond donors (Lipinski definition) is 2. The molecule has 0 spiro atoms. The molecule has 0 saturated heterocycles. The van der Waals surface area contributed by atoms with Crippen LogP contribution in [0.3, 0.4) is 0 Å². The van der Waals surface area contributed by atoms with Crippen molar-refractivity contribution in [1.82, 2.24) is 15.1 Å². The number of carbonyl (C=O) groups excluding carboxylic acids is 1. The molecule has 0 aliphatic carbocycles. The van der Waals surface area contributed by atoms with Gasteiger partial charge in [0.2, 0.25) is 0 Å². The number of urea groups is 1. The fourth-order valence-electron chi connectivity index (χ4n) is 2.05. The van der Waals surface area contributed by atoms with Gasteiger partial charge in [-0.3, -0.25) is 4.68 Å². The van der Waals surface area contributed by atoms with Gasteiger partial charge in [0.1, 0.15) is 0 Å². The van der Waals surface area contributed by atoms with Crippen molar-refractivity contribution in [3.63, 3.8) is 0 Å². The molecule has 1 atom stereocenters. The van der Waals surface area contributed by atoms with Gasteiger partial charge in [0.25, 0.3) is 0 Å². The standard InChI is InChI=1S/C14H24N4O/c1-6-9-12(7-2)15-14(19)16-13-10(4)17-18(8-3)11(13)5/h6,12H,1,7-9H2,2-5H3,(H2,15,16,19). The van der Waals surface area contributed by atoms with E-state index in [9.17, 15) is 4.79 Å². The average molecular weight is 264 g/mol. The van der Waals surface area contributed by atoms with Crippen LogP contribution in [-0.2, 0) is 6.54 Å². The summed E-state index contributed by atoms with van der Waals surface area (Å²) in [6.07, 6.45) is 3.47. The summed E-state index contributed by atoms with van der Waals surface area (Å²) in [5.74, 6) is 0. The molecular weight excluding hydrogens is 240 g/mol. The van der Waals surface area contributed by atoms with Gasteiger partial charge in [-0.05, 0) is 33.6 Å². The minimum atomic E-state index is -0.185. The smallest absolute Gasteiger partial charge is 0.319 e. The predicted octanol–water partition coefficient (Wildman–Crippen LogP) is 3.00. The average Bonchev–Trinajstić information content (AvgIpc) is 2.65. The van der Waals surface area contributed by atoms with Crippen molar-refractivity contribution < 1.29 is 4.79 Å². The quantitative estimate of drug-likeness (QED) is 0.776. The van der Waals surface area contributed by atoms with E-state index in [2.05, 4.69) is 22.3 Å². The molecule has 2 amide bonds. The molecule has 2 N–H and O–H groups in total. The summed E-state index contributed by atoms with van der Waals surface area (Å²) in [4.78, 5) is 12.0. The lowest BCUT2D eigenvalue weighted by Gasteiger charge is -2.15.